The summed E-state index contributed by atoms with van der Waals surface area (Å²) in [6.07, 6.45) is 3.17. The number of pyridine rings is 1. The molecule has 6 heteroatoms. The Hall–Kier alpha value is -2.60. The van der Waals surface area contributed by atoms with Crippen LogP contribution in [0, 0.1) is 11.6 Å². The SMILES string of the molecule is CN(C(=O)c1cccs1)[C@H](c1cccnc1)c1ccc(F)cc1F. The highest BCUT2D eigenvalue weighted by atomic mass is 32.1. The number of hydrogen-bond donors (Lipinski definition) is 0. The summed E-state index contributed by atoms with van der Waals surface area (Å²) in [5.74, 6) is -1.59. The first-order valence-electron chi connectivity index (χ1n) is 7.23. The third-order valence-electron chi connectivity index (χ3n) is 3.70. The minimum Gasteiger partial charge on any atom is -0.330 e. The van der Waals surface area contributed by atoms with Gasteiger partial charge in [0, 0.05) is 31.1 Å². The highest BCUT2D eigenvalue weighted by Gasteiger charge is 2.27. The number of aromatic nitrogens is 1. The molecule has 0 aliphatic rings. The number of carbonyl (C=O) groups excluding carboxylic acids is 1. The molecule has 3 nitrogen and oxygen atoms in total. The van der Waals surface area contributed by atoms with Gasteiger partial charge in [0.05, 0.1) is 10.9 Å². The molecule has 1 amide bonds. The maximum absolute atomic E-state index is 14.4. The van der Waals surface area contributed by atoms with Crippen LogP contribution >= 0.6 is 11.3 Å². The van der Waals surface area contributed by atoms with Crippen molar-refractivity contribution in [2.24, 2.45) is 0 Å². The summed E-state index contributed by atoms with van der Waals surface area (Å²) in [5.41, 5.74) is 0.868. The topological polar surface area (TPSA) is 33.2 Å². The second kappa shape index (κ2) is 6.88. The molecule has 122 valence electrons. The molecule has 0 radical (unpaired) electrons. The third-order valence-corrected chi connectivity index (χ3v) is 4.55. The molecule has 0 spiro atoms. The molecule has 0 unspecified atom stereocenters. The Morgan fingerprint density at radius 3 is 2.67 bits per heavy atom. The molecular weight excluding hydrogens is 330 g/mol. The molecular formula is C18H14F2N2OS. The summed E-state index contributed by atoms with van der Waals surface area (Å²) in [6, 6.07) is 9.64. The van der Waals surface area contributed by atoms with E-state index in [1.807, 2.05) is 0 Å². The standard InChI is InChI=1S/C18H14F2N2OS/c1-22(18(23)16-5-3-9-24-16)17(12-4-2-8-21-11-12)14-7-6-13(19)10-15(14)20/h2-11,17H,1H3/t17-/m1/s1. The van der Waals surface area contributed by atoms with Gasteiger partial charge in [-0.1, -0.05) is 18.2 Å². The Labute approximate surface area is 142 Å². The lowest BCUT2D eigenvalue weighted by molar-refractivity contribution is 0.0758. The van der Waals surface area contributed by atoms with Crippen molar-refractivity contribution >= 4 is 17.2 Å². The minimum absolute atomic E-state index is 0.219. The van der Waals surface area contributed by atoms with Gasteiger partial charge in [-0.25, -0.2) is 8.78 Å². The second-order valence-corrected chi connectivity index (χ2v) is 6.20. The molecule has 0 aliphatic carbocycles. The van der Waals surface area contributed by atoms with Gasteiger partial charge in [0.1, 0.15) is 11.6 Å². The van der Waals surface area contributed by atoms with Gasteiger partial charge in [-0.05, 0) is 29.1 Å². The minimum atomic E-state index is -0.700. The van der Waals surface area contributed by atoms with Crippen molar-refractivity contribution in [2.45, 2.75) is 6.04 Å². The molecule has 0 saturated carbocycles. The quantitative estimate of drug-likeness (QED) is 0.708. The molecule has 1 aromatic carbocycles. The molecule has 0 aliphatic heterocycles. The van der Waals surface area contributed by atoms with Crippen molar-refractivity contribution in [2.75, 3.05) is 7.05 Å². The van der Waals surface area contributed by atoms with Crippen molar-refractivity contribution in [3.8, 4) is 0 Å². The van der Waals surface area contributed by atoms with E-state index in [0.717, 1.165) is 6.07 Å². The van der Waals surface area contributed by atoms with Gasteiger partial charge in [-0.15, -0.1) is 11.3 Å². The lowest BCUT2D eigenvalue weighted by Gasteiger charge is -2.29. The fourth-order valence-corrected chi connectivity index (χ4v) is 3.27. The zero-order valence-electron chi connectivity index (χ0n) is 12.8. The molecule has 2 heterocycles. The summed E-state index contributed by atoms with van der Waals surface area (Å²) < 4.78 is 27.6. The number of amides is 1. The van der Waals surface area contributed by atoms with Crippen molar-refractivity contribution < 1.29 is 13.6 Å². The van der Waals surface area contributed by atoms with E-state index in [1.165, 1.54) is 28.4 Å². The smallest absolute Gasteiger partial charge is 0.264 e. The molecule has 0 fully saturated rings. The van der Waals surface area contributed by atoms with Gasteiger partial charge < -0.3 is 4.90 Å². The summed E-state index contributed by atoms with van der Waals surface area (Å²) in [7, 11) is 1.60. The van der Waals surface area contributed by atoms with Gasteiger partial charge in [0.2, 0.25) is 0 Å². The number of hydrogen-bond acceptors (Lipinski definition) is 3. The zero-order chi connectivity index (χ0) is 17.1. The lowest BCUT2D eigenvalue weighted by atomic mass is 9.98. The van der Waals surface area contributed by atoms with Gasteiger partial charge in [-0.2, -0.15) is 0 Å². The van der Waals surface area contributed by atoms with Crippen LogP contribution in [-0.4, -0.2) is 22.8 Å². The van der Waals surface area contributed by atoms with Gasteiger partial charge in [0.15, 0.2) is 0 Å². The highest BCUT2D eigenvalue weighted by molar-refractivity contribution is 7.12. The molecule has 24 heavy (non-hydrogen) atoms. The predicted octanol–water partition coefficient (Wildman–Crippen LogP) is 4.28. The normalized spacial score (nSPS) is 12.0. The van der Waals surface area contributed by atoms with Crippen molar-refractivity contribution in [3.63, 3.8) is 0 Å². The number of rotatable bonds is 4. The van der Waals surface area contributed by atoms with E-state index in [0.29, 0.717) is 10.4 Å². The Morgan fingerprint density at radius 2 is 2.04 bits per heavy atom. The van der Waals surface area contributed by atoms with Crippen LogP contribution in [0.3, 0.4) is 0 Å². The van der Waals surface area contributed by atoms with Crippen molar-refractivity contribution in [1.82, 2.24) is 9.88 Å². The number of thiophene rings is 1. The Morgan fingerprint density at radius 1 is 1.21 bits per heavy atom. The number of halogens is 2. The largest absolute Gasteiger partial charge is 0.330 e. The maximum atomic E-state index is 14.4. The molecule has 0 saturated heterocycles. The number of nitrogens with zero attached hydrogens (tertiary/aromatic N) is 2. The van der Waals surface area contributed by atoms with Gasteiger partial charge >= 0.3 is 0 Å². The summed E-state index contributed by atoms with van der Waals surface area (Å²) >= 11 is 1.31. The van der Waals surface area contributed by atoms with Gasteiger partial charge in [-0.3, -0.25) is 9.78 Å². The Bertz CT molecular complexity index is 837. The van der Waals surface area contributed by atoms with E-state index in [-0.39, 0.29) is 11.5 Å². The van der Waals surface area contributed by atoms with Crippen LogP contribution in [0.25, 0.3) is 0 Å². The van der Waals surface area contributed by atoms with Crippen LogP contribution < -0.4 is 0 Å². The van der Waals surface area contributed by atoms with Crippen molar-refractivity contribution in [1.29, 1.82) is 0 Å². The fourth-order valence-electron chi connectivity index (χ4n) is 2.56. The highest BCUT2D eigenvalue weighted by Crippen LogP contribution is 2.31. The molecule has 0 N–H and O–H groups in total. The predicted molar refractivity (Wildman–Crippen MR) is 88.9 cm³/mol. The van der Waals surface area contributed by atoms with Crippen LogP contribution in [0.5, 0.6) is 0 Å². The van der Waals surface area contributed by atoms with E-state index in [9.17, 15) is 13.6 Å². The van der Waals surface area contributed by atoms with E-state index in [1.54, 1.807) is 49.1 Å². The molecule has 2 aromatic heterocycles. The monoisotopic (exact) mass is 344 g/mol. The fraction of sp³-hybridized carbons (Fsp3) is 0.111. The lowest BCUT2D eigenvalue weighted by Crippen LogP contribution is -2.32. The first kappa shape index (κ1) is 16.3. The van der Waals surface area contributed by atoms with E-state index in [4.69, 9.17) is 0 Å². The Kier molecular flexibility index (Phi) is 4.66. The summed E-state index contributed by atoms with van der Waals surface area (Å²) in [4.78, 5) is 18.7. The molecule has 1 atom stereocenters. The van der Waals surface area contributed by atoms with Crippen LogP contribution in [0.2, 0.25) is 0 Å². The van der Waals surface area contributed by atoms with E-state index >= 15 is 0 Å². The molecule has 3 aromatic rings. The van der Waals surface area contributed by atoms with Crippen LogP contribution in [-0.2, 0) is 0 Å². The maximum Gasteiger partial charge on any atom is 0.264 e. The summed E-state index contributed by atoms with van der Waals surface area (Å²) in [5, 5.41) is 1.80. The number of benzene rings is 1. The second-order valence-electron chi connectivity index (χ2n) is 5.25. The first-order chi connectivity index (χ1) is 11.6. The zero-order valence-corrected chi connectivity index (χ0v) is 13.6. The average molecular weight is 344 g/mol. The average Bonchev–Trinajstić information content (AvgIpc) is 3.12. The third kappa shape index (κ3) is 3.19. The molecule has 0 bridgehead atoms. The van der Waals surface area contributed by atoms with Crippen molar-refractivity contribution in [3.05, 3.63) is 87.9 Å². The van der Waals surface area contributed by atoms with Gasteiger partial charge in [0.25, 0.3) is 5.91 Å². The van der Waals surface area contributed by atoms with Crippen LogP contribution in [0.1, 0.15) is 26.8 Å². The first-order valence-corrected chi connectivity index (χ1v) is 8.11. The molecule has 3 rings (SSSR count). The van der Waals surface area contributed by atoms with E-state index < -0.39 is 17.7 Å². The van der Waals surface area contributed by atoms with E-state index in [2.05, 4.69) is 4.98 Å². The Balaban J connectivity index is 2.07. The number of carbonyl (C=O) groups is 1. The van der Waals surface area contributed by atoms with Crippen LogP contribution in [0.4, 0.5) is 8.78 Å². The van der Waals surface area contributed by atoms with Crippen LogP contribution in [0.15, 0.2) is 60.2 Å². The summed E-state index contributed by atoms with van der Waals surface area (Å²) in [6.45, 7) is 0.